The van der Waals surface area contributed by atoms with Gasteiger partial charge in [0.2, 0.25) is 11.8 Å². The molecular weight excluding hydrogens is 432 g/mol. The van der Waals surface area contributed by atoms with Crippen LogP contribution in [0, 0.1) is 11.8 Å². The molecule has 0 bridgehead atoms. The summed E-state index contributed by atoms with van der Waals surface area (Å²) in [4.78, 5) is 33.8. The van der Waals surface area contributed by atoms with E-state index in [1.807, 2.05) is 23.1 Å². The third-order valence-corrected chi connectivity index (χ3v) is 6.47. The minimum absolute atomic E-state index is 0.0332. The lowest BCUT2D eigenvalue weighted by atomic mass is 9.76. The molecule has 1 aromatic carbocycles. The van der Waals surface area contributed by atoms with Crippen LogP contribution in [0.1, 0.15) is 19.3 Å². The summed E-state index contributed by atoms with van der Waals surface area (Å²) in [5, 5.41) is 9.73. The van der Waals surface area contributed by atoms with Gasteiger partial charge in [-0.25, -0.2) is 5.48 Å². The molecule has 0 unspecified atom stereocenters. The summed E-state index contributed by atoms with van der Waals surface area (Å²) in [5.74, 6) is -1.21. The molecule has 0 spiro atoms. The predicted molar refractivity (Wildman–Crippen MR) is 120 cm³/mol. The Morgan fingerprint density at radius 1 is 1.06 bits per heavy atom. The molecule has 1 saturated carbocycles. The van der Waals surface area contributed by atoms with E-state index in [9.17, 15) is 14.8 Å². The van der Waals surface area contributed by atoms with Crippen molar-refractivity contribution in [2.45, 2.75) is 25.4 Å². The summed E-state index contributed by atoms with van der Waals surface area (Å²) < 4.78 is 5.96. The number of piperazine rings is 1. The van der Waals surface area contributed by atoms with Gasteiger partial charge in [-0.1, -0.05) is 29.8 Å². The van der Waals surface area contributed by atoms with E-state index >= 15 is 0 Å². The molecule has 9 heteroatoms. The van der Waals surface area contributed by atoms with Crippen LogP contribution >= 0.6 is 11.6 Å². The summed E-state index contributed by atoms with van der Waals surface area (Å²) in [6.45, 7) is 2.69. The molecule has 1 aliphatic heterocycles. The smallest absolute Gasteiger partial charge is 0.247 e. The van der Waals surface area contributed by atoms with Crippen LogP contribution in [-0.2, 0) is 9.59 Å². The third-order valence-electron chi connectivity index (χ3n) is 6.26. The average molecular weight is 459 g/mol. The van der Waals surface area contributed by atoms with Gasteiger partial charge in [0.05, 0.1) is 29.2 Å². The molecular formula is C23H27ClN4O4. The highest BCUT2D eigenvalue weighted by Crippen LogP contribution is 2.35. The van der Waals surface area contributed by atoms with Gasteiger partial charge < -0.3 is 14.5 Å². The summed E-state index contributed by atoms with van der Waals surface area (Å²) in [6, 6.07) is 11.8. The van der Waals surface area contributed by atoms with Crippen LogP contribution in [0.3, 0.4) is 0 Å². The van der Waals surface area contributed by atoms with E-state index in [1.54, 1.807) is 17.7 Å². The summed E-state index contributed by atoms with van der Waals surface area (Å²) >= 11 is 5.97. The van der Waals surface area contributed by atoms with Crippen molar-refractivity contribution in [2.75, 3.05) is 31.1 Å². The highest BCUT2D eigenvalue weighted by Gasteiger charge is 2.42. The van der Waals surface area contributed by atoms with E-state index in [0.717, 1.165) is 18.8 Å². The van der Waals surface area contributed by atoms with Gasteiger partial charge in [-0.2, -0.15) is 0 Å². The first kappa shape index (κ1) is 22.4. The van der Waals surface area contributed by atoms with Gasteiger partial charge in [-0.3, -0.25) is 19.8 Å². The Balaban J connectivity index is 1.39. The summed E-state index contributed by atoms with van der Waals surface area (Å²) in [5.41, 5.74) is 2.88. The Kier molecular flexibility index (Phi) is 7.12. The number of nitrogens with one attached hydrogen (secondary N) is 1. The number of hydrogen-bond acceptors (Lipinski definition) is 6. The molecule has 1 aliphatic carbocycles. The number of amides is 2. The number of para-hydroxylation sites is 1. The van der Waals surface area contributed by atoms with E-state index in [2.05, 4.69) is 22.0 Å². The van der Waals surface area contributed by atoms with Crippen molar-refractivity contribution in [2.24, 2.45) is 11.8 Å². The predicted octanol–water partition coefficient (Wildman–Crippen LogP) is 2.75. The van der Waals surface area contributed by atoms with Crippen molar-refractivity contribution in [3.8, 4) is 5.75 Å². The number of aromatic nitrogens is 1. The summed E-state index contributed by atoms with van der Waals surface area (Å²) in [7, 11) is 0. The highest BCUT2D eigenvalue weighted by molar-refractivity contribution is 6.30. The molecule has 2 aliphatic rings. The van der Waals surface area contributed by atoms with Crippen molar-refractivity contribution in [3.05, 3.63) is 53.8 Å². The number of carbonyl (C=O) groups is 2. The standard InChI is InChI=1S/C23H27ClN4O4/c24-16-12-19(15-25-14-16)32-18-6-7-20(21(13-18)22(29)26-31)23(30)28-10-8-27(9-11-28)17-4-2-1-3-5-17/h1-5,12,14-15,18,20-21,31H,6-11,13H2,(H,26,29)/t18-,20+,21+/m1/s1. The lowest BCUT2D eigenvalue weighted by Crippen LogP contribution is -2.53. The number of ether oxygens (including phenoxy) is 1. The van der Waals surface area contributed by atoms with Gasteiger partial charge in [0.1, 0.15) is 5.75 Å². The van der Waals surface area contributed by atoms with E-state index in [1.165, 1.54) is 6.20 Å². The number of hydroxylamine groups is 1. The molecule has 2 heterocycles. The fraction of sp³-hybridized carbons (Fsp3) is 0.435. The molecule has 2 amide bonds. The van der Waals surface area contributed by atoms with Crippen LogP contribution in [0.5, 0.6) is 5.75 Å². The lowest BCUT2D eigenvalue weighted by molar-refractivity contribution is -0.148. The zero-order chi connectivity index (χ0) is 22.5. The number of anilines is 1. The third kappa shape index (κ3) is 5.14. The Labute approximate surface area is 192 Å². The van der Waals surface area contributed by atoms with Crippen LogP contribution < -0.4 is 15.1 Å². The first-order chi connectivity index (χ1) is 15.5. The fourth-order valence-electron chi connectivity index (χ4n) is 4.61. The largest absolute Gasteiger partial charge is 0.489 e. The van der Waals surface area contributed by atoms with Crippen LogP contribution in [0.2, 0.25) is 5.02 Å². The molecule has 2 N–H and O–H groups in total. The van der Waals surface area contributed by atoms with Gasteiger partial charge >= 0.3 is 0 Å². The van der Waals surface area contributed by atoms with Crippen LogP contribution in [0.25, 0.3) is 0 Å². The maximum absolute atomic E-state index is 13.3. The fourth-order valence-corrected chi connectivity index (χ4v) is 4.78. The van der Waals surface area contributed by atoms with E-state index < -0.39 is 17.7 Å². The maximum atomic E-state index is 13.3. The monoisotopic (exact) mass is 458 g/mol. The topological polar surface area (TPSA) is 95.0 Å². The van der Waals surface area contributed by atoms with E-state index in [-0.39, 0.29) is 12.0 Å². The number of benzene rings is 1. The van der Waals surface area contributed by atoms with Crippen molar-refractivity contribution in [1.82, 2.24) is 15.4 Å². The van der Waals surface area contributed by atoms with Crippen molar-refractivity contribution in [3.63, 3.8) is 0 Å². The molecule has 8 nitrogen and oxygen atoms in total. The van der Waals surface area contributed by atoms with Crippen LogP contribution in [0.4, 0.5) is 5.69 Å². The van der Waals surface area contributed by atoms with Crippen molar-refractivity contribution < 1.29 is 19.5 Å². The van der Waals surface area contributed by atoms with E-state index in [4.69, 9.17) is 16.3 Å². The van der Waals surface area contributed by atoms with Crippen LogP contribution in [0.15, 0.2) is 48.8 Å². The van der Waals surface area contributed by atoms with Crippen molar-refractivity contribution in [1.29, 1.82) is 0 Å². The molecule has 2 aromatic rings. The quantitative estimate of drug-likeness (QED) is 0.528. The molecule has 170 valence electrons. The molecule has 1 saturated heterocycles. The maximum Gasteiger partial charge on any atom is 0.247 e. The minimum Gasteiger partial charge on any atom is -0.489 e. The number of rotatable bonds is 5. The highest BCUT2D eigenvalue weighted by atomic mass is 35.5. The Bertz CT molecular complexity index is 937. The second kappa shape index (κ2) is 10.2. The number of halogens is 1. The number of pyridine rings is 1. The molecule has 0 radical (unpaired) electrons. The average Bonchev–Trinajstić information content (AvgIpc) is 2.84. The molecule has 32 heavy (non-hydrogen) atoms. The van der Waals surface area contributed by atoms with Gasteiger partial charge in [-0.05, 0) is 31.4 Å². The second-order valence-electron chi connectivity index (χ2n) is 8.23. The van der Waals surface area contributed by atoms with E-state index in [0.29, 0.717) is 43.1 Å². The normalized spacial score (nSPS) is 23.5. The first-order valence-corrected chi connectivity index (χ1v) is 11.2. The second-order valence-corrected chi connectivity index (χ2v) is 8.67. The summed E-state index contributed by atoms with van der Waals surface area (Å²) in [6.07, 6.45) is 4.28. The van der Waals surface area contributed by atoms with Gasteiger partial charge in [0, 0.05) is 44.1 Å². The SMILES string of the molecule is O=C(NO)[C@H]1C[C@H](Oc2cncc(Cl)c2)CC[C@@H]1C(=O)N1CCN(c2ccccc2)CC1. The molecule has 2 fully saturated rings. The molecule has 3 atom stereocenters. The van der Waals surface area contributed by atoms with Crippen molar-refractivity contribution >= 4 is 29.1 Å². The Morgan fingerprint density at radius 3 is 2.50 bits per heavy atom. The number of carbonyl (C=O) groups excluding carboxylic acids is 2. The number of nitrogens with zero attached hydrogens (tertiary/aromatic N) is 3. The first-order valence-electron chi connectivity index (χ1n) is 10.8. The lowest BCUT2D eigenvalue weighted by Gasteiger charge is -2.40. The van der Waals surface area contributed by atoms with Crippen LogP contribution in [-0.4, -0.2) is 59.2 Å². The molecule has 1 aromatic heterocycles. The Hall–Kier alpha value is -2.84. The van der Waals surface area contributed by atoms with Gasteiger partial charge in [0.25, 0.3) is 0 Å². The zero-order valence-electron chi connectivity index (χ0n) is 17.7. The van der Waals surface area contributed by atoms with Gasteiger partial charge in [0.15, 0.2) is 0 Å². The van der Waals surface area contributed by atoms with Gasteiger partial charge in [-0.15, -0.1) is 0 Å². The number of hydrogen-bond donors (Lipinski definition) is 2. The molecule has 4 rings (SSSR count). The Morgan fingerprint density at radius 2 is 1.81 bits per heavy atom. The zero-order valence-corrected chi connectivity index (χ0v) is 18.4. The minimum atomic E-state index is -0.662.